The van der Waals surface area contributed by atoms with E-state index < -0.39 is 0 Å². The van der Waals surface area contributed by atoms with Gasteiger partial charge in [0.2, 0.25) is 0 Å². The lowest BCUT2D eigenvalue weighted by molar-refractivity contribution is 0.0165. The van der Waals surface area contributed by atoms with Gasteiger partial charge in [-0.3, -0.25) is 0 Å². The van der Waals surface area contributed by atoms with Gasteiger partial charge in [-0.25, -0.2) is 0 Å². The first-order chi connectivity index (χ1) is 7.57. The van der Waals surface area contributed by atoms with Crippen molar-refractivity contribution in [3.05, 3.63) is 0 Å². The molecule has 2 aliphatic rings. The largest absolute Gasteiger partial charge is 0.381 e. The lowest BCUT2D eigenvalue weighted by atomic mass is 9.82. The predicted molar refractivity (Wildman–Crippen MR) is 66.4 cm³/mol. The minimum atomic E-state index is 0.351. The maximum Gasteiger partial charge on any atom is 0.0521 e. The molecule has 2 rings (SSSR count). The highest BCUT2D eigenvalue weighted by atomic mass is 16.5. The zero-order chi connectivity index (χ0) is 11.6. The molecule has 94 valence electrons. The average Bonchev–Trinajstić information content (AvgIpc) is 2.24. The molecule has 0 spiro atoms. The van der Waals surface area contributed by atoms with Crippen LogP contribution in [0.1, 0.15) is 33.1 Å². The average molecular weight is 226 g/mol. The van der Waals surface area contributed by atoms with Gasteiger partial charge in [0, 0.05) is 25.1 Å². The first-order valence-electron chi connectivity index (χ1n) is 6.62. The zero-order valence-corrected chi connectivity index (χ0v) is 10.7. The van der Waals surface area contributed by atoms with Crippen LogP contribution < -0.4 is 5.73 Å². The molecule has 16 heavy (non-hydrogen) atoms. The highest BCUT2D eigenvalue weighted by molar-refractivity contribution is 4.83. The van der Waals surface area contributed by atoms with Crippen LogP contribution in [0, 0.1) is 11.3 Å². The molecule has 0 radical (unpaired) electrons. The number of nitrogens with two attached hydrogens (primary N) is 1. The van der Waals surface area contributed by atoms with E-state index in [0.29, 0.717) is 17.4 Å². The molecule has 0 amide bonds. The van der Waals surface area contributed by atoms with Crippen LogP contribution in [0.4, 0.5) is 0 Å². The standard InChI is InChI=1S/C13H26N2O/c1-13(2)4-6-15(7-5-13)9-11-10-16-8-3-12(11)14/h11-12H,3-10,14H2,1-2H3. The first-order valence-corrected chi connectivity index (χ1v) is 6.62. The van der Waals surface area contributed by atoms with Crippen molar-refractivity contribution in [2.75, 3.05) is 32.8 Å². The molecule has 2 atom stereocenters. The lowest BCUT2D eigenvalue weighted by Gasteiger charge is -2.40. The van der Waals surface area contributed by atoms with Crippen molar-refractivity contribution in [1.29, 1.82) is 0 Å². The van der Waals surface area contributed by atoms with E-state index in [0.717, 1.165) is 26.2 Å². The molecule has 3 nitrogen and oxygen atoms in total. The molecular weight excluding hydrogens is 200 g/mol. The molecule has 2 N–H and O–H groups in total. The van der Waals surface area contributed by atoms with Crippen LogP contribution in [-0.4, -0.2) is 43.8 Å². The molecule has 0 aromatic rings. The molecule has 2 aliphatic heterocycles. The van der Waals surface area contributed by atoms with Gasteiger partial charge in [-0.1, -0.05) is 13.8 Å². The van der Waals surface area contributed by atoms with Crippen molar-refractivity contribution in [3.63, 3.8) is 0 Å². The van der Waals surface area contributed by atoms with Crippen LogP contribution in [-0.2, 0) is 4.74 Å². The third kappa shape index (κ3) is 3.19. The van der Waals surface area contributed by atoms with Crippen molar-refractivity contribution in [2.24, 2.45) is 17.1 Å². The highest BCUT2D eigenvalue weighted by Crippen LogP contribution is 2.30. The molecule has 0 aromatic heterocycles. The zero-order valence-electron chi connectivity index (χ0n) is 10.7. The Morgan fingerprint density at radius 2 is 2.00 bits per heavy atom. The Kier molecular flexibility index (Phi) is 3.88. The van der Waals surface area contributed by atoms with Gasteiger partial charge >= 0.3 is 0 Å². The van der Waals surface area contributed by atoms with Gasteiger partial charge in [-0.2, -0.15) is 0 Å². The van der Waals surface area contributed by atoms with E-state index in [1.54, 1.807) is 0 Å². The summed E-state index contributed by atoms with van der Waals surface area (Å²) in [7, 11) is 0. The number of rotatable bonds is 2. The van der Waals surface area contributed by atoms with Gasteiger partial charge in [0.15, 0.2) is 0 Å². The second-order valence-corrected chi connectivity index (χ2v) is 6.25. The van der Waals surface area contributed by atoms with Crippen LogP contribution in [0.3, 0.4) is 0 Å². The summed E-state index contributed by atoms with van der Waals surface area (Å²) in [6.07, 6.45) is 3.66. The minimum Gasteiger partial charge on any atom is -0.381 e. The fourth-order valence-corrected chi connectivity index (χ4v) is 2.67. The van der Waals surface area contributed by atoms with Gasteiger partial charge < -0.3 is 15.4 Å². The number of hydrogen-bond donors (Lipinski definition) is 1. The van der Waals surface area contributed by atoms with E-state index in [-0.39, 0.29) is 0 Å². The Hall–Kier alpha value is -0.120. The molecule has 0 saturated carbocycles. The number of likely N-dealkylation sites (tertiary alicyclic amines) is 1. The van der Waals surface area contributed by atoms with E-state index >= 15 is 0 Å². The summed E-state index contributed by atoms with van der Waals surface area (Å²) in [6.45, 7) is 10.1. The summed E-state index contributed by atoms with van der Waals surface area (Å²) < 4.78 is 5.53. The van der Waals surface area contributed by atoms with E-state index in [1.165, 1.54) is 25.9 Å². The van der Waals surface area contributed by atoms with Crippen molar-refractivity contribution >= 4 is 0 Å². The maximum atomic E-state index is 6.14. The fourth-order valence-electron chi connectivity index (χ4n) is 2.67. The summed E-state index contributed by atoms with van der Waals surface area (Å²) in [4.78, 5) is 2.57. The van der Waals surface area contributed by atoms with E-state index in [2.05, 4.69) is 18.7 Å². The molecule has 2 fully saturated rings. The Morgan fingerprint density at radius 3 is 2.62 bits per heavy atom. The van der Waals surface area contributed by atoms with Crippen molar-refractivity contribution in [1.82, 2.24) is 4.90 Å². The summed E-state index contributed by atoms with van der Waals surface area (Å²) in [5.74, 6) is 0.551. The van der Waals surface area contributed by atoms with Gasteiger partial charge in [0.25, 0.3) is 0 Å². The fraction of sp³-hybridized carbons (Fsp3) is 1.00. The third-order valence-corrected chi connectivity index (χ3v) is 4.24. The van der Waals surface area contributed by atoms with Crippen molar-refractivity contribution in [2.45, 2.75) is 39.2 Å². The molecule has 3 heteroatoms. The molecule has 0 bridgehead atoms. The van der Waals surface area contributed by atoms with Crippen LogP contribution in [0.25, 0.3) is 0 Å². The second-order valence-electron chi connectivity index (χ2n) is 6.25. The highest BCUT2D eigenvalue weighted by Gasteiger charge is 2.29. The Bertz CT molecular complexity index is 220. The number of hydrogen-bond acceptors (Lipinski definition) is 3. The van der Waals surface area contributed by atoms with E-state index in [9.17, 15) is 0 Å². The lowest BCUT2D eigenvalue weighted by Crippen LogP contribution is -2.47. The van der Waals surface area contributed by atoms with Crippen LogP contribution in [0.5, 0.6) is 0 Å². The molecule has 0 aliphatic carbocycles. The smallest absolute Gasteiger partial charge is 0.0521 e. The molecular formula is C13H26N2O. The summed E-state index contributed by atoms with van der Waals surface area (Å²) in [5, 5.41) is 0. The number of nitrogens with zero attached hydrogens (tertiary/aromatic N) is 1. The van der Waals surface area contributed by atoms with Crippen LogP contribution >= 0.6 is 0 Å². The van der Waals surface area contributed by atoms with Crippen molar-refractivity contribution in [3.8, 4) is 0 Å². The SMILES string of the molecule is CC1(C)CCN(CC2COCCC2N)CC1. The summed E-state index contributed by atoms with van der Waals surface area (Å²) >= 11 is 0. The van der Waals surface area contributed by atoms with Gasteiger partial charge in [-0.15, -0.1) is 0 Å². The van der Waals surface area contributed by atoms with Gasteiger partial charge in [0.05, 0.1) is 6.61 Å². The molecule has 2 heterocycles. The van der Waals surface area contributed by atoms with Gasteiger partial charge in [0.1, 0.15) is 0 Å². The minimum absolute atomic E-state index is 0.351. The Labute approximate surface area is 99.3 Å². The topological polar surface area (TPSA) is 38.5 Å². The quantitative estimate of drug-likeness (QED) is 0.775. The Balaban J connectivity index is 1.77. The van der Waals surface area contributed by atoms with Crippen LogP contribution in [0.2, 0.25) is 0 Å². The third-order valence-electron chi connectivity index (χ3n) is 4.24. The van der Waals surface area contributed by atoms with Gasteiger partial charge in [-0.05, 0) is 37.8 Å². The summed E-state index contributed by atoms with van der Waals surface area (Å²) in [6, 6.07) is 0.351. The maximum absolute atomic E-state index is 6.14. The van der Waals surface area contributed by atoms with Crippen LogP contribution in [0.15, 0.2) is 0 Å². The normalized spacial score (nSPS) is 36.2. The molecule has 2 unspecified atom stereocenters. The number of piperidine rings is 1. The monoisotopic (exact) mass is 226 g/mol. The van der Waals surface area contributed by atoms with E-state index in [1.807, 2.05) is 0 Å². The Morgan fingerprint density at radius 1 is 1.31 bits per heavy atom. The molecule has 0 aromatic carbocycles. The van der Waals surface area contributed by atoms with Crippen molar-refractivity contribution < 1.29 is 4.74 Å². The predicted octanol–water partition coefficient (Wildman–Crippen LogP) is 1.47. The second kappa shape index (κ2) is 5.03. The number of ether oxygens (including phenoxy) is 1. The molecule has 2 saturated heterocycles. The first kappa shape index (κ1) is 12.3. The summed E-state index contributed by atoms with van der Waals surface area (Å²) in [5.41, 5.74) is 6.69. The van der Waals surface area contributed by atoms with E-state index in [4.69, 9.17) is 10.5 Å².